The molecule has 0 aromatic heterocycles. The second kappa shape index (κ2) is 9.04. The Bertz CT molecular complexity index is 880. The summed E-state index contributed by atoms with van der Waals surface area (Å²) >= 11 is 0. The lowest BCUT2D eigenvalue weighted by molar-refractivity contribution is 0.0697. The molecule has 138 valence electrons. The molecule has 27 heavy (non-hydrogen) atoms. The highest BCUT2D eigenvalue weighted by Crippen LogP contribution is 2.33. The minimum Gasteiger partial charge on any atom is -0.494 e. The van der Waals surface area contributed by atoms with Crippen molar-refractivity contribution in [2.75, 3.05) is 6.61 Å². The van der Waals surface area contributed by atoms with Crippen molar-refractivity contribution in [2.45, 2.75) is 26.2 Å². The first-order valence-electron chi connectivity index (χ1n) is 9.35. The van der Waals surface area contributed by atoms with Gasteiger partial charge in [-0.25, -0.2) is 4.79 Å². The SMILES string of the molecule is CCCCCOc1ccc(-c2ccccc2-c2ccc(C(=O)O)cc2)cc1. The van der Waals surface area contributed by atoms with Crippen LogP contribution >= 0.6 is 0 Å². The van der Waals surface area contributed by atoms with Gasteiger partial charge < -0.3 is 9.84 Å². The van der Waals surface area contributed by atoms with Crippen molar-refractivity contribution in [3.05, 3.63) is 78.4 Å². The first-order chi connectivity index (χ1) is 13.2. The van der Waals surface area contributed by atoms with Crippen LogP contribution in [0.1, 0.15) is 36.5 Å². The molecular weight excluding hydrogens is 336 g/mol. The van der Waals surface area contributed by atoms with E-state index in [0.717, 1.165) is 41.0 Å². The van der Waals surface area contributed by atoms with E-state index in [4.69, 9.17) is 9.84 Å². The average molecular weight is 360 g/mol. The smallest absolute Gasteiger partial charge is 0.335 e. The van der Waals surface area contributed by atoms with Gasteiger partial charge in [0.2, 0.25) is 0 Å². The molecule has 0 fully saturated rings. The van der Waals surface area contributed by atoms with E-state index >= 15 is 0 Å². The molecule has 0 spiro atoms. The summed E-state index contributed by atoms with van der Waals surface area (Å²) in [5.41, 5.74) is 4.58. The summed E-state index contributed by atoms with van der Waals surface area (Å²) in [6.07, 6.45) is 3.45. The largest absolute Gasteiger partial charge is 0.494 e. The van der Waals surface area contributed by atoms with Crippen LogP contribution in [-0.2, 0) is 0 Å². The Morgan fingerprint density at radius 1 is 0.815 bits per heavy atom. The quantitative estimate of drug-likeness (QED) is 0.480. The van der Waals surface area contributed by atoms with E-state index < -0.39 is 5.97 Å². The van der Waals surface area contributed by atoms with Crippen molar-refractivity contribution in [3.63, 3.8) is 0 Å². The van der Waals surface area contributed by atoms with Gasteiger partial charge in [0.1, 0.15) is 5.75 Å². The molecular formula is C24H24O3. The van der Waals surface area contributed by atoms with Crippen molar-refractivity contribution >= 4 is 5.97 Å². The highest BCUT2D eigenvalue weighted by Gasteiger charge is 2.09. The fourth-order valence-electron chi connectivity index (χ4n) is 3.05. The molecule has 3 aromatic carbocycles. The Hall–Kier alpha value is -3.07. The third kappa shape index (κ3) is 4.76. The molecule has 0 aliphatic carbocycles. The number of carboxylic acids is 1. The molecule has 0 saturated carbocycles. The van der Waals surface area contributed by atoms with Crippen molar-refractivity contribution in [3.8, 4) is 28.0 Å². The summed E-state index contributed by atoms with van der Waals surface area (Å²) < 4.78 is 5.79. The molecule has 3 aromatic rings. The number of rotatable bonds is 8. The van der Waals surface area contributed by atoms with Crippen molar-refractivity contribution < 1.29 is 14.6 Å². The highest BCUT2D eigenvalue weighted by molar-refractivity contribution is 5.89. The molecule has 3 rings (SSSR count). The van der Waals surface area contributed by atoms with Crippen LogP contribution in [0.2, 0.25) is 0 Å². The van der Waals surface area contributed by atoms with Gasteiger partial charge in [0.15, 0.2) is 0 Å². The first kappa shape index (κ1) is 18.7. The number of ether oxygens (including phenoxy) is 1. The molecule has 1 N–H and O–H groups in total. The maximum atomic E-state index is 11.1. The molecule has 0 bridgehead atoms. The first-order valence-corrected chi connectivity index (χ1v) is 9.35. The Balaban J connectivity index is 1.82. The predicted molar refractivity (Wildman–Crippen MR) is 109 cm³/mol. The van der Waals surface area contributed by atoms with Crippen LogP contribution in [0.3, 0.4) is 0 Å². The molecule has 0 saturated heterocycles. The average Bonchev–Trinajstić information content (AvgIpc) is 2.72. The fraction of sp³-hybridized carbons (Fsp3) is 0.208. The number of unbranched alkanes of at least 4 members (excludes halogenated alkanes) is 2. The Labute approximate surface area is 160 Å². The maximum Gasteiger partial charge on any atom is 0.335 e. The van der Waals surface area contributed by atoms with Gasteiger partial charge in [0.25, 0.3) is 0 Å². The van der Waals surface area contributed by atoms with E-state index in [1.165, 1.54) is 12.8 Å². The van der Waals surface area contributed by atoms with Crippen molar-refractivity contribution in [1.29, 1.82) is 0 Å². The van der Waals surface area contributed by atoms with Crippen LogP contribution in [-0.4, -0.2) is 17.7 Å². The standard InChI is InChI=1S/C24H24O3/c1-2-3-6-17-27-21-15-13-19(14-16-21)23-8-5-4-7-22(23)18-9-11-20(12-10-18)24(25)26/h4-5,7-16H,2-3,6,17H2,1H3,(H,25,26). The summed E-state index contributed by atoms with van der Waals surface area (Å²) in [5.74, 6) is -0.0255. The molecule has 0 radical (unpaired) electrons. The van der Waals surface area contributed by atoms with E-state index in [0.29, 0.717) is 5.56 Å². The Morgan fingerprint density at radius 2 is 1.37 bits per heavy atom. The van der Waals surface area contributed by atoms with Gasteiger partial charge in [-0.3, -0.25) is 0 Å². The zero-order chi connectivity index (χ0) is 19.1. The monoisotopic (exact) mass is 360 g/mol. The maximum absolute atomic E-state index is 11.1. The van der Waals surface area contributed by atoms with Gasteiger partial charge in [0, 0.05) is 0 Å². The Morgan fingerprint density at radius 3 is 1.89 bits per heavy atom. The number of hydrogen-bond donors (Lipinski definition) is 1. The van der Waals surface area contributed by atoms with Crippen LogP contribution in [0, 0.1) is 0 Å². The van der Waals surface area contributed by atoms with E-state index in [9.17, 15) is 4.79 Å². The lowest BCUT2D eigenvalue weighted by atomic mass is 9.94. The number of hydrogen-bond acceptors (Lipinski definition) is 2. The van der Waals surface area contributed by atoms with E-state index in [2.05, 4.69) is 31.2 Å². The predicted octanol–water partition coefficient (Wildman–Crippen LogP) is 6.29. The lowest BCUT2D eigenvalue weighted by Gasteiger charge is -2.12. The van der Waals surface area contributed by atoms with Crippen LogP contribution in [0.5, 0.6) is 5.75 Å². The lowest BCUT2D eigenvalue weighted by Crippen LogP contribution is -1.97. The Kier molecular flexibility index (Phi) is 6.26. The second-order valence-electron chi connectivity index (χ2n) is 6.51. The van der Waals surface area contributed by atoms with Crippen LogP contribution in [0.4, 0.5) is 0 Å². The van der Waals surface area contributed by atoms with E-state index in [-0.39, 0.29) is 0 Å². The number of aromatic carboxylic acids is 1. The van der Waals surface area contributed by atoms with Crippen LogP contribution < -0.4 is 4.74 Å². The van der Waals surface area contributed by atoms with Gasteiger partial charge in [-0.15, -0.1) is 0 Å². The van der Waals surface area contributed by atoms with Crippen LogP contribution in [0.25, 0.3) is 22.3 Å². The summed E-state index contributed by atoms with van der Waals surface area (Å²) in [5, 5.41) is 9.08. The minimum absolute atomic E-state index is 0.292. The molecule has 0 atom stereocenters. The third-order valence-corrected chi connectivity index (χ3v) is 4.55. The minimum atomic E-state index is -0.913. The molecule has 0 amide bonds. The summed E-state index contributed by atoms with van der Waals surface area (Å²) in [6.45, 7) is 2.93. The summed E-state index contributed by atoms with van der Waals surface area (Å²) in [6, 6.07) is 23.3. The van der Waals surface area contributed by atoms with Gasteiger partial charge in [-0.1, -0.05) is 68.3 Å². The van der Waals surface area contributed by atoms with Gasteiger partial charge >= 0.3 is 5.97 Å². The third-order valence-electron chi connectivity index (χ3n) is 4.55. The van der Waals surface area contributed by atoms with E-state index in [1.54, 1.807) is 12.1 Å². The molecule has 0 aliphatic heterocycles. The van der Waals surface area contributed by atoms with Gasteiger partial charge in [-0.05, 0) is 52.9 Å². The topological polar surface area (TPSA) is 46.5 Å². The van der Waals surface area contributed by atoms with E-state index in [1.807, 2.05) is 36.4 Å². The summed E-state index contributed by atoms with van der Waals surface area (Å²) in [4.78, 5) is 11.1. The second-order valence-corrected chi connectivity index (χ2v) is 6.51. The van der Waals surface area contributed by atoms with Gasteiger partial charge in [-0.2, -0.15) is 0 Å². The molecule has 3 nitrogen and oxygen atoms in total. The molecule has 3 heteroatoms. The normalized spacial score (nSPS) is 10.6. The zero-order valence-electron chi connectivity index (χ0n) is 15.5. The number of carbonyl (C=O) groups is 1. The zero-order valence-corrected chi connectivity index (χ0v) is 15.5. The molecule has 0 unspecified atom stereocenters. The number of benzene rings is 3. The van der Waals surface area contributed by atoms with Crippen molar-refractivity contribution in [2.24, 2.45) is 0 Å². The van der Waals surface area contributed by atoms with Gasteiger partial charge in [0.05, 0.1) is 12.2 Å². The fourth-order valence-corrected chi connectivity index (χ4v) is 3.05. The number of carboxylic acid groups (broad SMARTS) is 1. The molecule has 0 heterocycles. The van der Waals surface area contributed by atoms with Crippen LogP contribution in [0.15, 0.2) is 72.8 Å². The highest BCUT2D eigenvalue weighted by atomic mass is 16.5. The molecule has 0 aliphatic rings. The summed E-state index contributed by atoms with van der Waals surface area (Å²) in [7, 11) is 0. The van der Waals surface area contributed by atoms with Crippen molar-refractivity contribution in [1.82, 2.24) is 0 Å².